The molecule has 0 aliphatic rings. The summed E-state index contributed by atoms with van der Waals surface area (Å²) in [7, 11) is 0. The van der Waals surface area contributed by atoms with Crippen LogP contribution >= 0.6 is 0 Å². The Hall–Kier alpha value is -2.16. The van der Waals surface area contributed by atoms with Crippen LogP contribution in [0.3, 0.4) is 0 Å². The molecule has 2 rings (SSSR count). The molecule has 1 aromatic carbocycles. The van der Waals surface area contributed by atoms with Gasteiger partial charge in [0.2, 0.25) is 0 Å². The standard InChI is InChI=1S/C13H13N3/c1-10-4-6-11(7-5-10)9-16-12-3-2-8-15-13(12)14/h2-9H,1H3,(H2,14,15)/p+1. The van der Waals surface area contributed by atoms with E-state index in [0.717, 1.165) is 11.3 Å². The smallest absolute Gasteiger partial charge is 0.285 e. The maximum absolute atomic E-state index is 5.74. The van der Waals surface area contributed by atoms with Gasteiger partial charge < -0.3 is 0 Å². The molecule has 0 spiro atoms. The summed E-state index contributed by atoms with van der Waals surface area (Å²) in [4.78, 5) is 7.23. The van der Waals surface area contributed by atoms with Gasteiger partial charge in [0.1, 0.15) is 0 Å². The number of H-pyrrole nitrogens is 1. The van der Waals surface area contributed by atoms with Crippen LogP contribution in [0.1, 0.15) is 11.1 Å². The second-order valence-electron chi connectivity index (χ2n) is 3.64. The van der Waals surface area contributed by atoms with E-state index in [1.807, 2.05) is 24.3 Å². The van der Waals surface area contributed by atoms with Crippen molar-refractivity contribution < 1.29 is 4.98 Å². The van der Waals surface area contributed by atoms with Gasteiger partial charge in [0.25, 0.3) is 5.82 Å². The highest BCUT2D eigenvalue weighted by molar-refractivity contribution is 5.82. The Morgan fingerprint density at radius 1 is 1.19 bits per heavy atom. The van der Waals surface area contributed by atoms with Crippen molar-refractivity contribution in [2.45, 2.75) is 6.92 Å². The number of hydrogen-bond donors (Lipinski definition) is 1. The Bertz CT molecular complexity index is 501. The van der Waals surface area contributed by atoms with Gasteiger partial charge in [-0.1, -0.05) is 29.8 Å². The lowest BCUT2D eigenvalue weighted by molar-refractivity contribution is -0.359. The van der Waals surface area contributed by atoms with Gasteiger partial charge in [-0.15, -0.1) is 0 Å². The van der Waals surface area contributed by atoms with E-state index in [-0.39, 0.29) is 0 Å². The number of anilines is 1. The molecule has 0 saturated heterocycles. The highest BCUT2D eigenvalue weighted by Crippen LogP contribution is 2.15. The molecule has 0 radical (unpaired) electrons. The maximum atomic E-state index is 5.74. The Morgan fingerprint density at radius 3 is 2.62 bits per heavy atom. The molecular weight excluding hydrogens is 198 g/mol. The third-order valence-electron chi connectivity index (χ3n) is 2.30. The van der Waals surface area contributed by atoms with Crippen LogP contribution in [-0.4, -0.2) is 6.21 Å². The van der Waals surface area contributed by atoms with E-state index in [2.05, 4.69) is 29.0 Å². The van der Waals surface area contributed by atoms with E-state index in [0.29, 0.717) is 5.82 Å². The number of aromatic nitrogens is 1. The normalized spacial score (nSPS) is 10.8. The van der Waals surface area contributed by atoms with Crippen LogP contribution in [-0.2, 0) is 0 Å². The molecular formula is C13H14N3+. The molecule has 1 heterocycles. The highest BCUT2D eigenvalue weighted by atomic mass is 14.9. The van der Waals surface area contributed by atoms with Gasteiger partial charge in [-0.05, 0) is 24.6 Å². The number of nitrogens with zero attached hydrogens (tertiary/aromatic N) is 1. The number of rotatable bonds is 2. The summed E-state index contributed by atoms with van der Waals surface area (Å²) in [5.41, 5.74) is 8.80. The van der Waals surface area contributed by atoms with Crippen LogP contribution in [0.25, 0.3) is 0 Å². The summed E-state index contributed by atoms with van der Waals surface area (Å²) in [6.07, 6.45) is 3.58. The minimum atomic E-state index is 0.575. The van der Waals surface area contributed by atoms with Gasteiger partial charge in [0, 0.05) is 6.21 Å². The molecule has 3 nitrogen and oxygen atoms in total. The largest absolute Gasteiger partial charge is 0.296 e. The summed E-state index contributed by atoms with van der Waals surface area (Å²) < 4.78 is 0. The molecule has 0 amide bonds. The quantitative estimate of drug-likeness (QED) is 0.762. The predicted octanol–water partition coefficient (Wildman–Crippen LogP) is 2.14. The average Bonchev–Trinajstić information content (AvgIpc) is 2.30. The molecule has 16 heavy (non-hydrogen) atoms. The predicted molar refractivity (Wildman–Crippen MR) is 65.8 cm³/mol. The molecule has 0 atom stereocenters. The Labute approximate surface area is 94.7 Å². The Balaban J connectivity index is 2.21. The van der Waals surface area contributed by atoms with Crippen molar-refractivity contribution in [3.05, 3.63) is 53.7 Å². The van der Waals surface area contributed by atoms with Crippen molar-refractivity contribution in [3.8, 4) is 0 Å². The van der Waals surface area contributed by atoms with Crippen molar-refractivity contribution in [1.29, 1.82) is 0 Å². The van der Waals surface area contributed by atoms with Gasteiger partial charge in [-0.25, -0.2) is 9.98 Å². The zero-order valence-electron chi connectivity index (χ0n) is 9.14. The number of aryl methyl sites for hydroxylation is 1. The summed E-state index contributed by atoms with van der Waals surface area (Å²) in [5.74, 6) is 0.575. The number of aromatic amines is 1. The van der Waals surface area contributed by atoms with Crippen LogP contribution in [0.2, 0.25) is 0 Å². The molecule has 0 saturated carbocycles. The van der Waals surface area contributed by atoms with Crippen molar-refractivity contribution in [1.82, 2.24) is 0 Å². The van der Waals surface area contributed by atoms with E-state index in [4.69, 9.17) is 5.73 Å². The fourth-order valence-corrected chi connectivity index (χ4v) is 1.35. The number of benzene rings is 1. The van der Waals surface area contributed by atoms with Gasteiger partial charge >= 0.3 is 0 Å². The van der Waals surface area contributed by atoms with Crippen LogP contribution in [0.15, 0.2) is 47.6 Å². The summed E-state index contributed by atoms with van der Waals surface area (Å²) in [6, 6.07) is 11.9. The lowest BCUT2D eigenvalue weighted by atomic mass is 10.2. The zero-order chi connectivity index (χ0) is 11.4. The molecule has 0 fully saturated rings. The first-order chi connectivity index (χ1) is 7.75. The zero-order valence-corrected chi connectivity index (χ0v) is 9.14. The minimum absolute atomic E-state index is 0.575. The number of hydrogen-bond acceptors (Lipinski definition) is 2. The fraction of sp³-hybridized carbons (Fsp3) is 0.0769. The first kappa shape index (κ1) is 10.4. The first-order valence-electron chi connectivity index (χ1n) is 5.12. The summed E-state index contributed by atoms with van der Waals surface area (Å²) in [6.45, 7) is 2.06. The van der Waals surface area contributed by atoms with Gasteiger partial charge in [-0.2, -0.15) is 0 Å². The third kappa shape index (κ3) is 2.45. The maximum Gasteiger partial charge on any atom is 0.296 e. The summed E-state index contributed by atoms with van der Waals surface area (Å²) >= 11 is 0. The number of pyridine rings is 1. The van der Waals surface area contributed by atoms with E-state index < -0.39 is 0 Å². The van der Waals surface area contributed by atoms with Crippen molar-refractivity contribution in [2.75, 3.05) is 5.73 Å². The Kier molecular flexibility index (Phi) is 2.96. The fourth-order valence-electron chi connectivity index (χ4n) is 1.35. The van der Waals surface area contributed by atoms with Crippen molar-refractivity contribution >= 4 is 17.7 Å². The third-order valence-corrected chi connectivity index (χ3v) is 2.30. The van der Waals surface area contributed by atoms with E-state index >= 15 is 0 Å². The second-order valence-corrected chi connectivity index (χ2v) is 3.64. The van der Waals surface area contributed by atoms with E-state index in [9.17, 15) is 0 Å². The van der Waals surface area contributed by atoms with E-state index in [1.165, 1.54) is 5.56 Å². The monoisotopic (exact) mass is 212 g/mol. The van der Waals surface area contributed by atoms with Gasteiger partial charge in [0.15, 0.2) is 5.69 Å². The molecule has 0 unspecified atom stereocenters. The van der Waals surface area contributed by atoms with Gasteiger partial charge in [0.05, 0.1) is 6.20 Å². The first-order valence-corrected chi connectivity index (χ1v) is 5.12. The molecule has 0 aliphatic carbocycles. The van der Waals surface area contributed by atoms with Crippen molar-refractivity contribution in [2.24, 2.45) is 4.99 Å². The SMILES string of the molecule is Cc1ccc(C=Nc2ccc[nH+]c2N)cc1. The summed E-state index contributed by atoms with van der Waals surface area (Å²) in [5, 5.41) is 0. The number of nitrogens with one attached hydrogen (secondary N) is 1. The highest BCUT2D eigenvalue weighted by Gasteiger charge is 1.99. The molecule has 1 aromatic heterocycles. The molecule has 0 aliphatic heterocycles. The van der Waals surface area contributed by atoms with Crippen LogP contribution < -0.4 is 10.7 Å². The van der Waals surface area contributed by atoms with Crippen LogP contribution in [0, 0.1) is 6.92 Å². The molecule has 80 valence electrons. The molecule has 3 heteroatoms. The van der Waals surface area contributed by atoms with E-state index in [1.54, 1.807) is 12.4 Å². The average molecular weight is 212 g/mol. The molecule has 3 N–H and O–H groups in total. The molecule has 0 bridgehead atoms. The van der Waals surface area contributed by atoms with Crippen LogP contribution in [0.5, 0.6) is 0 Å². The number of nitrogen functional groups attached to an aromatic ring is 1. The lowest BCUT2D eigenvalue weighted by Crippen LogP contribution is -2.08. The number of aliphatic imine (C=N–C) groups is 1. The van der Waals surface area contributed by atoms with Crippen molar-refractivity contribution in [3.63, 3.8) is 0 Å². The van der Waals surface area contributed by atoms with Gasteiger partial charge in [-0.3, -0.25) is 5.73 Å². The molecule has 2 aromatic rings. The minimum Gasteiger partial charge on any atom is -0.285 e. The number of nitrogens with two attached hydrogens (primary N) is 1. The lowest BCUT2D eigenvalue weighted by Gasteiger charge is -1.95. The second kappa shape index (κ2) is 4.57. The Morgan fingerprint density at radius 2 is 1.94 bits per heavy atom. The van der Waals surface area contributed by atoms with Crippen LogP contribution in [0.4, 0.5) is 11.5 Å². The topological polar surface area (TPSA) is 52.5 Å².